The number of amides is 1. The van der Waals surface area contributed by atoms with Crippen LogP contribution < -0.4 is 26.1 Å². The number of aromatic nitrogens is 1. The SMILES string of the molecule is Cc1cc(C)c(S(=O)(=O)NC(CNC(=O)c2cn(CCc3ccccc3)c3cc(CNC4=NCCN4)ccc3c2=O)C(=O)O)c(C)c1. The number of carbonyl (C=O) groups excluding carboxylic acids is 1. The van der Waals surface area contributed by atoms with E-state index < -0.39 is 39.9 Å². The van der Waals surface area contributed by atoms with E-state index >= 15 is 0 Å². The first-order valence-corrected chi connectivity index (χ1v) is 16.7. The highest BCUT2D eigenvalue weighted by Crippen LogP contribution is 2.22. The van der Waals surface area contributed by atoms with Gasteiger partial charge >= 0.3 is 5.97 Å². The van der Waals surface area contributed by atoms with Crippen molar-refractivity contribution in [1.82, 2.24) is 25.2 Å². The van der Waals surface area contributed by atoms with Gasteiger partial charge in [0.15, 0.2) is 5.96 Å². The number of aliphatic carboxylic acids is 1. The minimum Gasteiger partial charge on any atom is -0.480 e. The molecule has 1 unspecified atom stereocenters. The Labute approximate surface area is 273 Å². The minimum atomic E-state index is -4.25. The van der Waals surface area contributed by atoms with Crippen molar-refractivity contribution in [2.24, 2.45) is 4.99 Å². The highest BCUT2D eigenvalue weighted by molar-refractivity contribution is 7.89. The minimum absolute atomic E-state index is 0.0152. The van der Waals surface area contributed by atoms with Crippen LogP contribution in [0.4, 0.5) is 0 Å². The Morgan fingerprint density at radius 1 is 1.02 bits per heavy atom. The van der Waals surface area contributed by atoms with Gasteiger partial charge in [0, 0.05) is 37.8 Å². The van der Waals surface area contributed by atoms with Crippen LogP contribution in [0.1, 0.15) is 38.2 Å². The van der Waals surface area contributed by atoms with Gasteiger partial charge < -0.3 is 25.6 Å². The van der Waals surface area contributed by atoms with E-state index in [9.17, 15) is 27.9 Å². The lowest BCUT2D eigenvalue weighted by Crippen LogP contribution is -2.49. The van der Waals surface area contributed by atoms with Gasteiger partial charge in [-0.15, -0.1) is 0 Å². The van der Waals surface area contributed by atoms with Crippen molar-refractivity contribution in [2.75, 3.05) is 19.6 Å². The topological polar surface area (TPSA) is 171 Å². The second-order valence-electron chi connectivity index (χ2n) is 11.6. The predicted octanol–water partition coefficient (Wildman–Crippen LogP) is 2.38. The molecule has 1 atom stereocenters. The maximum Gasteiger partial charge on any atom is 0.323 e. The average molecular weight is 659 g/mol. The second kappa shape index (κ2) is 14.2. The highest BCUT2D eigenvalue weighted by Gasteiger charge is 2.29. The zero-order valence-electron chi connectivity index (χ0n) is 26.5. The summed E-state index contributed by atoms with van der Waals surface area (Å²) in [5, 5.41) is 19.1. The molecule has 0 saturated heterocycles. The fourth-order valence-electron chi connectivity index (χ4n) is 5.80. The molecular formula is C34H38N6O6S. The summed E-state index contributed by atoms with van der Waals surface area (Å²) in [6.07, 6.45) is 2.10. The van der Waals surface area contributed by atoms with Gasteiger partial charge in [0.25, 0.3) is 5.91 Å². The fraction of sp³-hybridized carbons (Fsp3) is 0.294. The van der Waals surface area contributed by atoms with E-state index in [1.807, 2.05) is 47.9 Å². The number of aryl methyl sites for hydroxylation is 5. The molecule has 5 rings (SSSR count). The van der Waals surface area contributed by atoms with E-state index in [4.69, 9.17) is 0 Å². The summed E-state index contributed by atoms with van der Waals surface area (Å²) in [7, 11) is -4.25. The molecule has 2 heterocycles. The molecule has 1 aliphatic rings. The predicted molar refractivity (Wildman–Crippen MR) is 180 cm³/mol. The lowest BCUT2D eigenvalue weighted by Gasteiger charge is -2.19. The Morgan fingerprint density at radius 2 is 1.74 bits per heavy atom. The molecule has 0 bridgehead atoms. The van der Waals surface area contributed by atoms with E-state index in [-0.39, 0.29) is 10.5 Å². The molecule has 12 nitrogen and oxygen atoms in total. The molecule has 3 aromatic carbocycles. The third kappa shape index (κ3) is 7.87. The number of nitrogens with one attached hydrogen (secondary N) is 4. The summed E-state index contributed by atoms with van der Waals surface area (Å²) < 4.78 is 30.5. The average Bonchev–Trinajstić information content (AvgIpc) is 3.55. The molecule has 0 saturated carbocycles. The molecule has 5 N–H and O–H groups in total. The first-order chi connectivity index (χ1) is 22.4. The number of carbonyl (C=O) groups is 2. The maximum atomic E-state index is 13.6. The number of pyridine rings is 1. The van der Waals surface area contributed by atoms with Gasteiger partial charge in [0.2, 0.25) is 15.5 Å². The van der Waals surface area contributed by atoms with E-state index in [2.05, 4.69) is 25.7 Å². The van der Waals surface area contributed by atoms with Gasteiger partial charge in [-0.2, -0.15) is 4.72 Å². The van der Waals surface area contributed by atoms with Crippen LogP contribution >= 0.6 is 0 Å². The zero-order valence-corrected chi connectivity index (χ0v) is 27.3. The number of fused-ring (bicyclic) bond motifs is 1. The molecule has 0 aliphatic carbocycles. The number of carboxylic acid groups (broad SMARTS) is 1. The summed E-state index contributed by atoms with van der Waals surface area (Å²) in [5.41, 5.74) is 3.74. The highest BCUT2D eigenvalue weighted by atomic mass is 32.2. The Bertz CT molecular complexity index is 2000. The van der Waals surface area contributed by atoms with Crippen molar-refractivity contribution in [3.05, 3.63) is 110 Å². The van der Waals surface area contributed by atoms with Gasteiger partial charge in [-0.3, -0.25) is 19.4 Å². The first-order valence-electron chi connectivity index (χ1n) is 15.3. The Kier molecular flexibility index (Phi) is 10.1. The molecule has 1 amide bonds. The number of aliphatic imine (C=N–C) groups is 1. The second-order valence-corrected chi connectivity index (χ2v) is 13.3. The lowest BCUT2D eigenvalue weighted by atomic mass is 10.1. The van der Waals surface area contributed by atoms with Gasteiger partial charge in [0.1, 0.15) is 11.6 Å². The third-order valence-corrected chi connectivity index (χ3v) is 9.72. The van der Waals surface area contributed by atoms with Crippen molar-refractivity contribution in [3.63, 3.8) is 0 Å². The van der Waals surface area contributed by atoms with Crippen molar-refractivity contribution < 1.29 is 23.1 Å². The van der Waals surface area contributed by atoms with Crippen LogP contribution in [0.3, 0.4) is 0 Å². The van der Waals surface area contributed by atoms with Crippen LogP contribution in [0.15, 0.2) is 81.5 Å². The quantitative estimate of drug-likeness (QED) is 0.155. The summed E-state index contributed by atoms with van der Waals surface area (Å²) in [6.45, 7) is 6.93. The monoisotopic (exact) mass is 658 g/mol. The number of benzene rings is 3. The largest absolute Gasteiger partial charge is 0.480 e. The summed E-state index contributed by atoms with van der Waals surface area (Å²) in [5.74, 6) is -1.57. The van der Waals surface area contributed by atoms with Gasteiger partial charge in [0.05, 0.1) is 17.0 Å². The van der Waals surface area contributed by atoms with E-state index in [0.29, 0.717) is 54.0 Å². The summed E-state index contributed by atoms with van der Waals surface area (Å²) >= 11 is 0. The van der Waals surface area contributed by atoms with Crippen molar-refractivity contribution in [1.29, 1.82) is 0 Å². The molecular weight excluding hydrogens is 620 g/mol. The van der Waals surface area contributed by atoms with E-state index in [1.54, 1.807) is 38.1 Å². The van der Waals surface area contributed by atoms with Crippen LogP contribution in [0.25, 0.3) is 10.9 Å². The Hall–Kier alpha value is -5.01. The molecule has 0 radical (unpaired) electrons. The van der Waals surface area contributed by atoms with Gasteiger partial charge in [-0.05, 0) is 61.6 Å². The number of hydrogen-bond donors (Lipinski definition) is 5. The summed E-state index contributed by atoms with van der Waals surface area (Å²) in [4.78, 5) is 43.5. The smallest absolute Gasteiger partial charge is 0.323 e. The summed E-state index contributed by atoms with van der Waals surface area (Å²) in [6, 6.07) is 16.9. The molecule has 1 aromatic heterocycles. The standard InChI is InChI=1S/C34H38N6O6S/c1-21-15-22(2)31(23(3)16-21)47(45,46)39-28(33(43)44)19-37-32(42)27-20-40(14-11-24-7-5-4-6-8-24)29-17-25(9-10-26(29)30(27)41)18-38-34-35-12-13-36-34/h4-10,15-17,20,28,39H,11-14,18-19H2,1-3H3,(H,37,42)(H,43,44)(H2,35,36,38). The van der Waals surface area contributed by atoms with Crippen LogP contribution in [0.5, 0.6) is 0 Å². The van der Waals surface area contributed by atoms with Crippen molar-refractivity contribution >= 4 is 38.8 Å². The Morgan fingerprint density at radius 3 is 2.40 bits per heavy atom. The molecule has 13 heteroatoms. The number of guanidine groups is 1. The first kappa shape index (κ1) is 33.4. The number of sulfonamides is 1. The molecule has 47 heavy (non-hydrogen) atoms. The van der Waals surface area contributed by atoms with Crippen LogP contribution in [0.2, 0.25) is 0 Å². The molecule has 0 spiro atoms. The zero-order chi connectivity index (χ0) is 33.7. The third-order valence-electron chi connectivity index (χ3n) is 7.94. The normalized spacial score (nSPS) is 13.6. The maximum absolute atomic E-state index is 13.6. The number of hydrogen-bond acceptors (Lipinski definition) is 8. The molecule has 246 valence electrons. The van der Waals surface area contributed by atoms with Gasteiger partial charge in [-0.1, -0.05) is 54.1 Å². The van der Waals surface area contributed by atoms with E-state index in [0.717, 1.165) is 23.2 Å². The van der Waals surface area contributed by atoms with Crippen molar-refractivity contribution in [2.45, 2.75) is 51.2 Å². The molecule has 0 fully saturated rings. The molecule has 1 aliphatic heterocycles. The van der Waals surface area contributed by atoms with Crippen molar-refractivity contribution in [3.8, 4) is 0 Å². The number of nitrogens with zero attached hydrogens (tertiary/aromatic N) is 2. The lowest BCUT2D eigenvalue weighted by molar-refractivity contribution is -0.138. The fourth-order valence-corrected chi connectivity index (χ4v) is 7.44. The van der Waals surface area contributed by atoms with E-state index in [1.165, 1.54) is 6.20 Å². The number of carboxylic acids is 1. The van der Waals surface area contributed by atoms with Crippen LogP contribution in [0, 0.1) is 20.8 Å². The van der Waals surface area contributed by atoms with Gasteiger partial charge in [-0.25, -0.2) is 8.42 Å². The van der Waals surface area contributed by atoms with Crippen LogP contribution in [-0.2, 0) is 34.3 Å². The number of rotatable bonds is 12. The Balaban J connectivity index is 1.40. The van der Waals surface area contributed by atoms with Crippen LogP contribution in [-0.4, -0.2) is 61.6 Å². The molecule has 4 aromatic rings.